The Morgan fingerprint density at radius 3 is 2.53 bits per heavy atom. The van der Waals surface area contributed by atoms with Gasteiger partial charge in [0.1, 0.15) is 5.82 Å². The van der Waals surface area contributed by atoms with E-state index >= 15 is 0 Å². The normalized spacial score (nSPS) is 21.9. The van der Waals surface area contributed by atoms with Gasteiger partial charge in [-0.15, -0.1) is 0 Å². The zero-order valence-electron chi connectivity index (χ0n) is 10.1. The molecule has 1 spiro atoms. The highest BCUT2D eigenvalue weighted by Gasteiger charge is 2.45. The lowest BCUT2D eigenvalue weighted by molar-refractivity contribution is 0.221. The minimum Gasteiger partial charge on any atom is -0.370 e. The van der Waals surface area contributed by atoms with Crippen molar-refractivity contribution in [3.8, 4) is 0 Å². The summed E-state index contributed by atoms with van der Waals surface area (Å²) in [5.41, 5.74) is 2.80. The lowest BCUT2D eigenvalue weighted by Crippen LogP contribution is -2.55. The molecule has 0 N–H and O–H groups in total. The van der Waals surface area contributed by atoms with E-state index < -0.39 is 0 Å². The summed E-state index contributed by atoms with van der Waals surface area (Å²) in [5, 5.41) is 0. The molecule has 2 fully saturated rings. The molecule has 1 aromatic rings. The van der Waals surface area contributed by atoms with Gasteiger partial charge in [-0.25, -0.2) is 4.39 Å². The van der Waals surface area contributed by atoms with Crippen molar-refractivity contribution in [2.24, 2.45) is 5.41 Å². The second-order valence-corrected chi connectivity index (χ2v) is 6.47. The van der Waals surface area contributed by atoms with Gasteiger partial charge in [0.25, 0.3) is 0 Å². The molecular formula is C14H17BrFN. The first-order valence-electron chi connectivity index (χ1n) is 6.30. The maximum atomic E-state index is 13.6. The summed E-state index contributed by atoms with van der Waals surface area (Å²) < 4.78 is 14.1. The van der Waals surface area contributed by atoms with Crippen LogP contribution in [0.2, 0.25) is 0 Å². The van der Waals surface area contributed by atoms with Crippen LogP contribution in [0.25, 0.3) is 0 Å². The molecule has 3 heteroatoms. The largest absolute Gasteiger partial charge is 0.370 e. The van der Waals surface area contributed by atoms with Crippen molar-refractivity contribution in [3.05, 3.63) is 28.0 Å². The van der Waals surface area contributed by atoms with Crippen LogP contribution in [0.5, 0.6) is 0 Å². The van der Waals surface area contributed by atoms with Crippen molar-refractivity contribution in [3.63, 3.8) is 0 Å². The van der Waals surface area contributed by atoms with Crippen LogP contribution in [0.1, 0.15) is 31.2 Å². The second-order valence-electron chi connectivity index (χ2n) is 5.62. The van der Waals surface area contributed by atoms with Crippen molar-refractivity contribution in [1.82, 2.24) is 0 Å². The molecule has 1 aromatic carbocycles. The molecule has 0 bridgehead atoms. The molecule has 92 valence electrons. The Labute approximate surface area is 110 Å². The van der Waals surface area contributed by atoms with Crippen LogP contribution in [0.4, 0.5) is 10.1 Å². The highest BCUT2D eigenvalue weighted by Crippen LogP contribution is 2.47. The Morgan fingerprint density at radius 1 is 1.24 bits per heavy atom. The Balaban J connectivity index is 1.80. The molecule has 0 unspecified atom stereocenters. The van der Waals surface area contributed by atoms with E-state index in [1.807, 2.05) is 6.07 Å². The fourth-order valence-electron chi connectivity index (χ4n) is 3.35. The molecule has 2 aliphatic rings. The summed E-state index contributed by atoms with van der Waals surface area (Å²) in [7, 11) is 0. The summed E-state index contributed by atoms with van der Waals surface area (Å²) in [6.07, 6.45) is 5.48. The average Bonchev–Trinajstić information content (AvgIpc) is 2.70. The summed E-state index contributed by atoms with van der Waals surface area (Å²) in [6.45, 7) is 4.29. The summed E-state index contributed by atoms with van der Waals surface area (Å²) >= 11 is 3.24. The maximum Gasteiger partial charge on any atom is 0.139 e. The Hall–Kier alpha value is -0.570. The van der Waals surface area contributed by atoms with Gasteiger partial charge in [0.15, 0.2) is 0 Å². The molecule has 17 heavy (non-hydrogen) atoms. The van der Waals surface area contributed by atoms with Crippen LogP contribution >= 0.6 is 15.9 Å². The van der Waals surface area contributed by atoms with Crippen molar-refractivity contribution >= 4 is 21.6 Å². The number of nitrogens with zero attached hydrogens (tertiary/aromatic N) is 1. The van der Waals surface area contributed by atoms with Gasteiger partial charge >= 0.3 is 0 Å². The molecule has 0 radical (unpaired) electrons. The topological polar surface area (TPSA) is 3.24 Å². The van der Waals surface area contributed by atoms with E-state index in [1.54, 1.807) is 6.07 Å². The highest BCUT2D eigenvalue weighted by molar-refractivity contribution is 9.10. The predicted molar refractivity (Wildman–Crippen MR) is 72.0 cm³/mol. The Morgan fingerprint density at radius 2 is 1.88 bits per heavy atom. The van der Waals surface area contributed by atoms with Crippen molar-refractivity contribution in [2.45, 2.75) is 32.6 Å². The standard InChI is InChI=1S/C14H17BrFN/c1-10-6-11(15)12(16)7-13(10)17-8-14(9-17)4-2-3-5-14/h6-7H,2-5,8-9H2,1H3. The third-order valence-corrected chi connectivity index (χ3v) is 4.90. The zero-order chi connectivity index (χ0) is 12.0. The first-order chi connectivity index (χ1) is 8.10. The number of anilines is 1. The van der Waals surface area contributed by atoms with Crippen LogP contribution in [0.15, 0.2) is 16.6 Å². The van der Waals surface area contributed by atoms with Crippen molar-refractivity contribution < 1.29 is 4.39 Å². The third-order valence-electron chi connectivity index (χ3n) is 4.30. The van der Waals surface area contributed by atoms with E-state index in [-0.39, 0.29) is 5.82 Å². The molecule has 1 heterocycles. The van der Waals surface area contributed by atoms with E-state index in [0.29, 0.717) is 9.89 Å². The second kappa shape index (κ2) is 3.98. The summed E-state index contributed by atoms with van der Waals surface area (Å²) in [4.78, 5) is 2.33. The molecule has 1 saturated heterocycles. The molecule has 3 rings (SSSR count). The van der Waals surface area contributed by atoms with Gasteiger partial charge in [-0.1, -0.05) is 12.8 Å². The number of hydrogen-bond donors (Lipinski definition) is 0. The first kappa shape index (κ1) is 11.5. The van der Waals surface area contributed by atoms with Gasteiger partial charge < -0.3 is 4.90 Å². The maximum absolute atomic E-state index is 13.6. The molecule has 0 amide bonds. The van der Waals surface area contributed by atoms with E-state index in [1.165, 1.54) is 25.7 Å². The number of benzene rings is 1. The molecule has 1 aliphatic carbocycles. The van der Waals surface area contributed by atoms with E-state index in [9.17, 15) is 4.39 Å². The number of halogens is 2. The quantitative estimate of drug-likeness (QED) is 0.748. The smallest absolute Gasteiger partial charge is 0.139 e. The monoisotopic (exact) mass is 297 g/mol. The molecular weight excluding hydrogens is 281 g/mol. The number of hydrogen-bond acceptors (Lipinski definition) is 1. The van der Waals surface area contributed by atoms with Crippen LogP contribution < -0.4 is 4.90 Å². The van der Waals surface area contributed by atoms with Gasteiger partial charge in [0.2, 0.25) is 0 Å². The molecule has 1 saturated carbocycles. The predicted octanol–water partition coefficient (Wildman–Crippen LogP) is 4.28. The fourth-order valence-corrected chi connectivity index (χ4v) is 3.81. The van der Waals surface area contributed by atoms with Crippen LogP contribution in [0, 0.1) is 18.2 Å². The van der Waals surface area contributed by atoms with Gasteiger partial charge in [0, 0.05) is 24.2 Å². The van der Waals surface area contributed by atoms with Gasteiger partial charge in [-0.2, -0.15) is 0 Å². The van der Waals surface area contributed by atoms with Crippen molar-refractivity contribution in [2.75, 3.05) is 18.0 Å². The molecule has 0 atom stereocenters. The SMILES string of the molecule is Cc1cc(Br)c(F)cc1N1CC2(CCCC2)C1. The number of aryl methyl sites for hydroxylation is 1. The van der Waals surface area contributed by atoms with Gasteiger partial charge in [-0.3, -0.25) is 0 Å². The first-order valence-corrected chi connectivity index (χ1v) is 7.10. The van der Waals surface area contributed by atoms with E-state index in [4.69, 9.17) is 0 Å². The lowest BCUT2D eigenvalue weighted by Gasteiger charge is -2.50. The molecule has 1 aliphatic heterocycles. The third kappa shape index (κ3) is 1.88. The van der Waals surface area contributed by atoms with E-state index in [2.05, 4.69) is 27.8 Å². The minimum atomic E-state index is -0.155. The summed E-state index contributed by atoms with van der Waals surface area (Å²) in [5.74, 6) is -0.155. The Bertz CT molecular complexity index is 444. The fraction of sp³-hybridized carbons (Fsp3) is 0.571. The number of rotatable bonds is 1. The van der Waals surface area contributed by atoms with Crippen LogP contribution in [-0.2, 0) is 0 Å². The zero-order valence-corrected chi connectivity index (χ0v) is 11.7. The van der Waals surface area contributed by atoms with Crippen LogP contribution in [0.3, 0.4) is 0 Å². The lowest BCUT2D eigenvalue weighted by atomic mass is 9.78. The average molecular weight is 298 g/mol. The Kier molecular flexibility index (Phi) is 2.69. The highest BCUT2D eigenvalue weighted by atomic mass is 79.9. The van der Waals surface area contributed by atoms with Gasteiger partial charge in [-0.05, 0) is 53.4 Å². The van der Waals surface area contributed by atoms with Crippen molar-refractivity contribution in [1.29, 1.82) is 0 Å². The molecule has 0 aromatic heterocycles. The minimum absolute atomic E-state index is 0.155. The van der Waals surface area contributed by atoms with E-state index in [0.717, 1.165) is 24.3 Å². The van der Waals surface area contributed by atoms with Crippen LogP contribution in [-0.4, -0.2) is 13.1 Å². The van der Waals surface area contributed by atoms with Gasteiger partial charge in [0.05, 0.1) is 4.47 Å². The summed E-state index contributed by atoms with van der Waals surface area (Å²) in [6, 6.07) is 3.55. The molecule has 1 nitrogen and oxygen atoms in total.